The maximum Gasteiger partial charge on any atom is 0.341 e. The summed E-state index contributed by atoms with van der Waals surface area (Å²) in [7, 11) is -1.43. The van der Waals surface area contributed by atoms with Crippen molar-refractivity contribution in [3.8, 4) is 0 Å². The SMILES string of the molecule is c1ccc(CN(c2ccccc2)p2oc3ccc4c(c3c3c5c(ccc3o2)CCCC5)CCCC4)cc1. The number of aryl methyl sites for hydroxylation is 4. The van der Waals surface area contributed by atoms with E-state index in [9.17, 15) is 0 Å². The molecule has 0 saturated carbocycles. The highest BCUT2D eigenvalue weighted by molar-refractivity contribution is 7.39. The van der Waals surface area contributed by atoms with Crippen molar-refractivity contribution >= 4 is 35.8 Å². The van der Waals surface area contributed by atoms with E-state index in [0.717, 1.165) is 49.1 Å². The van der Waals surface area contributed by atoms with Gasteiger partial charge in [0.05, 0.1) is 6.54 Å². The predicted molar refractivity (Wildman–Crippen MR) is 154 cm³/mol. The standard InChI is InChI=1S/C33H32NO2P/c1-3-11-24(12-4-1)23-34(27-15-5-2-6-16-27)37-35-30-21-19-25-13-7-9-17-28(25)32(30)33-29-18-10-8-14-26(29)20-22-31(33)36-37/h1-6,11-12,15-16,19-22H,7-10,13-14,17-18,23H2. The molecule has 0 fully saturated rings. The van der Waals surface area contributed by atoms with Crippen molar-refractivity contribution < 1.29 is 8.39 Å². The summed E-state index contributed by atoms with van der Waals surface area (Å²) in [6, 6.07) is 30.3. The molecule has 5 aromatic rings. The van der Waals surface area contributed by atoms with Crippen LogP contribution in [-0.4, -0.2) is 0 Å². The molecule has 0 unspecified atom stereocenters. The first kappa shape index (κ1) is 22.8. The molecule has 0 spiro atoms. The first-order valence-corrected chi connectivity index (χ1v) is 14.8. The summed E-state index contributed by atoms with van der Waals surface area (Å²) in [5, 5.41) is 2.62. The molecule has 1 heterocycles. The van der Waals surface area contributed by atoms with E-state index in [1.807, 2.05) is 0 Å². The summed E-state index contributed by atoms with van der Waals surface area (Å²) in [5.74, 6) is 0. The Morgan fingerprint density at radius 3 is 1.65 bits per heavy atom. The van der Waals surface area contributed by atoms with Gasteiger partial charge in [0.1, 0.15) is 11.2 Å². The van der Waals surface area contributed by atoms with Crippen molar-refractivity contribution in [2.45, 2.75) is 57.9 Å². The second-order valence-corrected chi connectivity index (χ2v) is 11.7. The molecule has 2 aliphatic rings. The van der Waals surface area contributed by atoms with Crippen LogP contribution in [0.5, 0.6) is 0 Å². The third kappa shape index (κ3) is 4.26. The van der Waals surface area contributed by atoms with Crippen molar-refractivity contribution in [1.29, 1.82) is 0 Å². The van der Waals surface area contributed by atoms with Crippen molar-refractivity contribution in [3.63, 3.8) is 0 Å². The Morgan fingerprint density at radius 2 is 1.08 bits per heavy atom. The van der Waals surface area contributed by atoms with Gasteiger partial charge in [-0.15, -0.1) is 0 Å². The number of fused-ring (bicyclic) bond motifs is 7. The second-order valence-electron chi connectivity index (χ2n) is 10.4. The van der Waals surface area contributed by atoms with Crippen LogP contribution in [0, 0.1) is 0 Å². The Balaban J connectivity index is 1.54. The molecule has 186 valence electrons. The van der Waals surface area contributed by atoms with Gasteiger partial charge in [-0.1, -0.05) is 60.7 Å². The van der Waals surface area contributed by atoms with E-state index in [2.05, 4.69) is 89.6 Å². The average Bonchev–Trinajstić information content (AvgIpc) is 3.14. The lowest BCUT2D eigenvalue weighted by molar-refractivity contribution is 0.630. The first-order chi connectivity index (χ1) is 18.3. The minimum absolute atomic E-state index is 0.719. The fourth-order valence-corrected chi connectivity index (χ4v) is 7.67. The quantitative estimate of drug-likeness (QED) is 0.244. The molecule has 3 nitrogen and oxygen atoms in total. The van der Waals surface area contributed by atoms with Crippen LogP contribution in [0.4, 0.5) is 5.69 Å². The molecule has 0 N–H and O–H groups in total. The number of para-hydroxylation sites is 1. The number of nitrogens with zero attached hydrogens (tertiary/aromatic N) is 1. The highest BCUT2D eigenvalue weighted by Gasteiger charge is 2.23. The van der Waals surface area contributed by atoms with E-state index in [-0.39, 0.29) is 0 Å². The van der Waals surface area contributed by atoms with Crippen molar-refractivity contribution in [1.82, 2.24) is 0 Å². The summed E-state index contributed by atoms with van der Waals surface area (Å²) < 4.78 is 16.2. The zero-order valence-electron chi connectivity index (χ0n) is 21.2. The minimum Gasteiger partial charge on any atom is -0.404 e. The van der Waals surface area contributed by atoms with Gasteiger partial charge in [0, 0.05) is 16.5 Å². The largest absolute Gasteiger partial charge is 0.404 e. The lowest BCUT2D eigenvalue weighted by Crippen LogP contribution is -2.12. The van der Waals surface area contributed by atoms with Crippen LogP contribution in [0.15, 0.2) is 93.3 Å². The van der Waals surface area contributed by atoms with Gasteiger partial charge in [-0.05, 0) is 103 Å². The maximum absolute atomic E-state index is 6.95. The Bertz CT molecular complexity index is 1530. The molecule has 7 rings (SSSR count). The molecular weight excluding hydrogens is 473 g/mol. The molecule has 0 bridgehead atoms. The number of hydrogen-bond acceptors (Lipinski definition) is 3. The van der Waals surface area contributed by atoms with Gasteiger partial charge in [-0.2, -0.15) is 0 Å². The maximum atomic E-state index is 6.95. The van der Waals surface area contributed by atoms with Crippen molar-refractivity contribution in [2.24, 2.45) is 0 Å². The van der Waals surface area contributed by atoms with E-state index in [1.54, 1.807) is 0 Å². The molecule has 0 saturated heterocycles. The number of benzene rings is 4. The van der Waals surface area contributed by atoms with E-state index in [1.165, 1.54) is 64.3 Å². The van der Waals surface area contributed by atoms with Gasteiger partial charge in [-0.25, -0.2) is 0 Å². The molecule has 0 aliphatic heterocycles. The van der Waals surface area contributed by atoms with E-state index < -0.39 is 8.16 Å². The zero-order valence-corrected chi connectivity index (χ0v) is 22.1. The topological polar surface area (TPSA) is 29.5 Å². The Morgan fingerprint density at radius 1 is 0.568 bits per heavy atom. The molecular formula is C33H32NO2P. The average molecular weight is 506 g/mol. The van der Waals surface area contributed by atoms with Crippen molar-refractivity contribution in [3.05, 3.63) is 113 Å². The third-order valence-electron chi connectivity index (χ3n) is 8.02. The first-order valence-electron chi connectivity index (χ1n) is 13.7. The molecule has 0 amide bonds. The highest BCUT2D eigenvalue weighted by atomic mass is 31.1. The Hall–Kier alpha value is -3.42. The monoisotopic (exact) mass is 505 g/mol. The van der Waals surface area contributed by atoms with Crippen LogP contribution in [0.3, 0.4) is 0 Å². The van der Waals surface area contributed by atoms with Crippen LogP contribution in [0.25, 0.3) is 21.9 Å². The molecule has 2 aliphatic carbocycles. The number of rotatable bonds is 4. The third-order valence-corrected chi connectivity index (χ3v) is 9.49. The Kier molecular flexibility index (Phi) is 6.03. The van der Waals surface area contributed by atoms with Crippen LogP contribution >= 0.6 is 8.16 Å². The summed E-state index contributed by atoms with van der Waals surface area (Å²) in [6.07, 6.45) is 9.59. The van der Waals surface area contributed by atoms with Gasteiger partial charge in [-0.3, -0.25) is 4.67 Å². The van der Waals surface area contributed by atoms with Crippen LogP contribution < -0.4 is 4.67 Å². The van der Waals surface area contributed by atoms with E-state index in [4.69, 9.17) is 8.39 Å². The second kappa shape index (κ2) is 9.80. The molecule has 37 heavy (non-hydrogen) atoms. The molecule has 4 heteroatoms. The molecule has 0 radical (unpaired) electrons. The summed E-state index contributed by atoms with van der Waals surface area (Å²) in [4.78, 5) is 0. The normalized spacial score (nSPS) is 14.8. The van der Waals surface area contributed by atoms with Crippen LogP contribution in [-0.2, 0) is 32.2 Å². The van der Waals surface area contributed by atoms with Gasteiger partial charge in [0.2, 0.25) is 0 Å². The number of anilines is 1. The number of hydrogen-bond donors (Lipinski definition) is 0. The lowest BCUT2D eigenvalue weighted by Gasteiger charge is -2.21. The predicted octanol–water partition coefficient (Wildman–Crippen LogP) is 9.52. The van der Waals surface area contributed by atoms with Gasteiger partial charge in [0.15, 0.2) is 0 Å². The highest BCUT2D eigenvalue weighted by Crippen LogP contribution is 2.45. The van der Waals surface area contributed by atoms with Crippen LogP contribution in [0.1, 0.15) is 53.5 Å². The van der Waals surface area contributed by atoms with Gasteiger partial charge < -0.3 is 8.39 Å². The fraction of sp³-hybridized carbons (Fsp3) is 0.273. The van der Waals surface area contributed by atoms with E-state index in [0.29, 0.717) is 0 Å². The van der Waals surface area contributed by atoms with Gasteiger partial charge in [0.25, 0.3) is 0 Å². The molecule has 1 aromatic heterocycles. The molecule has 0 atom stereocenters. The van der Waals surface area contributed by atoms with Gasteiger partial charge >= 0.3 is 8.16 Å². The summed E-state index contributed by atoms with van der Waals surface area (Å²) >= 11 is 0. The van der Waals surface area contributed by atoms with E-state index >= 15 is 0 Å². The minimum atomic E-state index is -1.43. The van der Waals surface area contributed by atoms with Crippen LogP contribution in [0.2, 0.25) is 0 Å². The Labute approximate surface area is 219 Å². The molecule has 4 aromatic carbocycles. The summed E-state index contributed by atoms with van der Waals surface area (Å²) in [5.41, 5.74) is 10.3. The van der Waals surface area contributed by atoms with Crippen molar-refractivity contribution in [2.75, 3.05) is 4.67 Å². The zero-order chi connectivity index (χ0) is 24.6. The summed E-state index contributed by atoms with van der Waals surface area (Å²) in [6.45, 7) is 0.719. The lowest BCUT2D eigenvalue weighted by atomic mass is 9.84. The fourth-order valence-electron chi connectivity index (χ4n) is 6.20. The smallest absolute Gasteiger partial charge is 0.341 e.